The second-order valence-electron chi connectivity index (χ2n) is 7.48. The number of carbonyl (C=O) groups excluding carboxylic acids is 1. The molecule has 2 aromatic rings. The number of nitrogens with zero attached hydrogens (tertiary/aromatic N) is 4. The minimum atomic E-state index is -0.0309. The molecule has 1 aromatic heterocycles. The van der Waals surface area contributed by atoms with Gasteiger partial charge >= 0.3 is 0 Å². The van der Waals surface area contributed by atoms with E-state index in [1.54, 1.807) is 0 Å². The molecule has 1 N–H and O–H groups in total. The highest BCUT2D eigenvalue weighted by molar-refractivity contribution is 9.10. The lowest BCUT2D eigenvalue weighted by Crippen LogP contribution is -2.43. The molecule has 0 radical (unpaired) electrons. The second-order valence-corrected chi connectivity index (χ2v) is 8.40. The summed E-state index contributed by atoms with van der Waals surface area (Å²) in [6.07, 6.45) is 1.88. The van der Waals surface area contributed by atoms with Gasteiger partial charge in [-0.2, -0.15) is 0 Å². The van der Waals surface area contributed by atoms with Gasteiger partial charge in [0.2, 0.25) is 5.91 Å². The largest absolute Gasteiger partial charge is 0.378 e. The molecule has 0 unspecified atom stereocenters. The third-order valence-corrected chi connectivity index (χ3v) is 5.94. The minimum absolute atomic E-state index is 0.0309. The number of amides is 1. The van der Waals surface area contributed by atoms with Crippen LogP contribution in [0, 0.1) is 5.92 Å². The summed E-state index contributed by atoms with van der Waals surface area (Å²) in [5.41, 5.74) is 1.09. The smallest absolute Gasteiger partial charge is 0.225 e. The zero-order valence-corrected chi connectivity index (χ0v) is 18.0. The number of hydrogen-bond donors (Lipinski definition) is 1. The van der Waals surface area contributed by atoms with Crippen molar-refractivity contribution in [2.75, 3.05) is 49.2 Å². The molecular formula is C21H26BrN5O2. The Bertz CT molecular complexity index is 826. The summed E-state index contributed by atoms with van der Waals surface area (Å²) in [6, 6.07) is 12.0. The molecule has 29 heavy (non-hydrogen) atoms. The van der Waals surface area contributed by atoms with Crippen LogP contribution in [0.4, 0.5) is 11.6 Å². The van der Waals surface area contributed by atoms with Gasteiger partial charge in [-0.3, -0.25) is 4.79 Å². The molecular weight excluding hydrogens is 434 g/mol. The fraction of sp³-hybridized carbons (Fsp3) is 0.476. The number of aromatic nitrogens is 2. The molecule has 2 fully saturated rings. The predicted molar refractivity (Wildman–Crippen MR) is 116 cm³/mol. The van der Waals surface area contributed by atoms with Crippen LogP contribution in [0.25, 0.3) is 0 Å². The summed E-state index contributed by atoms with van der Waals surface area (Å²) >= 11 is 3.47. The number of rotatable bonds is 5. The summed E-state index contributed by atoms with van der Waals surface area (Å²) < 4.78 is 6.41. The molecule has 8 heteroatoms. The van der Waals surface area contributed by atoms with Crippen LogP contribution in [-0.2, 0) is 16.1 Å². The third kappa shape index (κ3) is 5.25. The highest BCUT2D eigenvalue weighted by Crippen LogP contribution is 2.23. The van der Waals surface area contributed by atoms with Crippen LogP contribution >= 0.6 is 15.9 Å². The van der Waals surface area contributed by atoms with Crippen LogP contribution < -0.4 is 15.1 Å². The monoisotopic (exact) mass is 459 g/mol. The Balaban J connectivity index is 1.33. The van der Waals surface area contributed by atoms with E-state index in [0.29, 0.717) is 13.1 Å². The van der Waals surface area contributed by atoms with Crippen molar-refractivity contribution in [1.29, 1.82) is 0 Å². The topological polar surface area (TPSA) is 70.6 Å². The molecule has 0 spiro atoms. The van der Waals surface area contributed by atoms with Crippen molar-refractivity contribution in [3.8, 4) is 0 Å². The average Bonchev–Trinajstić information content (AvgIpc) is 2.78. The van der Waals surface area contributed by atoms with Gasteiger partial charge in [0.15, 0.2) is 11.6 Å². The van der Waals surface area contributed by atoms with Crippen molar-refractivity contribution >= 4 is 33.5 Å². The van der Waals surface area contributed by atoms with Crippen LogP contribution in [0.15, 0.2) is 40.9 Å². The Morgan fingerprint density at radius 3 is 2.59 bits per heavy atom. The molecule has 2 saturated heterocycles. The van der Waals surface area contributed by atoms with E-state index in [1.165, 1.54) is 0 Å². The quantitative estimate of drug-likeness (QED) is 0.740. The van der Waals surface area contributed by atoms with Crippen molar-refractivity contribution in [2.45, 2.75) is 19.4 Å². The van der Waals surface area contributed by atoms with E-state index in [0.717, 1.165) is 67.4 Å². The number of morpholine rings is 1. The molecule has 1 atom stereocenters. The molecule has 154 valence electrons. The van der Waals surface area contributed by atoms with Crippen molar-refractivity contribution in [2.24, 2.45) is 5.92 Å². The van der Waals surface area contributed by atoms with Gasteiger partial charge in [-0.1, -0.05) is 28.1 Å². The van der Waals surface area contributed by atoms with E-state index in [9.17, 15) is 4.79 Å². The maximum absolute atomic E-state index is 12.7. The first kappa shape index (κ1) is 20.1. The molecule has 4 rings (SSSR count). The van der Waals surface area contributed by atoms with E-state index < -0.39 is 0 Å². The molecule has 1 amide bonds. The first-order valence-corrected chi connectivity index (χ1v) is 10.9. The first-order chi connectivity index (χ1) is 14.2. The maximum Gasteiger partial charge on any atom is 0.225 e. The van der Waals surface area contributed by atoms with Crippen molar-refractivity contribution in [3.05, 3.63) is 46.4 Å². The lowest BCUT2D eigenvalue weighted by molar-refractivity contribution is -0.125. The molecule has 3 heterocycles. The lowest BCUT2D eigenvalue weighted by Gasteiger charge is -2.33. The SMILES string of the molecule is O=C(NCc1cccc(Br)c1)[C@H]1CCCN(c2ccc(N3CCOCC3)nn2)C1. The zero-order valence-electron chi connectivity index (χ0n) is 16.4. The van der Waals surface area contributed by atoms with Crippen LogP contribution in [0.3, 0.4) is 0 Å². The van der Waals surface area contributed by atoms with Crippen LogP contribution in [0.2, 0.25) is 0 Å². The highest BCUT2D eigenvalue weighted by atomic mass is 79.9. The van der Waals surface area contributed by atoms with Gasteiger partial charge in [0, 0.05) is 37.2 Å². The Hall–Kier alpha value is -2.19. The molecule has 1 aromatic carbocycles. The van der Waals surface area contributed by atoms with Crippen molar-refractivity contribution in [3.63, 3.8) is 0 Å². The number of halogens is 1. The van der Waals surface area contributed by atoms with E-state index in [2.05, 4.69) is 41.2 Å². The standard InChI is InChI=1S/C21H26BrN5O2/c22-18-5-1-3-16(13-18)14-23-21(28)17-4-2-8-27(15-17)20-7-6-19(24-25-20)26-9-11-29-12-10-26/h1,3,5-7,13,17H,2,4,8-12,14-15H2,(H,23,28)/t17-/m0/s1. The fourth-order valence-electron chi connectivity index (χ4n) is 3.83. The summed E-state index contributed by atoms with van der Waals surface area (Å²) in [5.74, 6) is 1.80. The number of nitrogens with one attached hydrogen (secondary N) is 1. The summed E-state index contributed by atoms with van der Waals surface area (Å²) in [4.78, 5) is 17.0. The first-order valence-electron chi connectivity index (χ1n) is 10.1. The van der Waals surface area contributed by atoms with Gasteiger partial charge in [-0.05, 0) is 42.7 Å². The summed E-state index contributed by atoms with van der Waals surface area (Å²) in [6.45, 7) is 5.27. The lowest BCUT2D eigenvalue weighted by atomic mass is 9.97. The van der Waals surface area contributed by atoms with Gasteiger partial charge in [0.25, 0.3) is 0 Å². The number of carbonyl (C=O) groups is 1. The van der Waals surface area contributed by atoms with E-state index in [1.807, 2.05) is 36.4 Å². The molecule has 0 aliphatic carbocycles. The molecule has 7 nitrogen and oxygen atoms in total. The second kappa shape index (κ2) is 9.54. The number of benzene rings is 1. The van der Waals surface area contributed by atoms with E-state index >= 15 is 0 Å². The molecule has 0 bridgehead atoms. The predicted octanol–water partition coefficient (Wildman–Crippen LogP) is 2.61. The van der Waals surface area contributed by atoms with Gasteiger partial charge in [0.1, 0.15) is 0 Å². The van der Waals surface area contributed by atoms with Gasteiger partial charge in [-0.25, -0.2) is 0 Å². The number of hydrogen-bond acceptors (Lipinski definition) is 6. The summed E-state index contributed by atoms with van der Waals surface area (Å²) in [7, 11) is 0. The van der Waals surface area contributed by atoms with Gasteiger partial charge in [0.05, 0.1) is 19.1 Å². The molecule has 0 saturated carbocycles. The van der Waals surface area contributed by atoms with E-state index in [-0.39, 0.29) is 11.8 Å². The number of piperidine rings is 1. The van der Waals surface area contributed by atoms with Crippen LogP contribution in [0.1, 0.15) is 18.4 Å². The fourth-order valence-corrected chi connectivity index (χ4v) is 4.27. The minimum Gasteiger partial charge on any atom is -0.378 e. The van der Waals surface area contributed by atoms with Gasteiger partial charge < -0.3 is 19.9 Å². The highest BCUT2D eigenvalue weighted by Gasteiger charge is 2.26. The maximum atomic E-state index is 12.7. The zero-order chi connectivity index (χ0) is 20.1. The summed E-state index contributed by atoms with van der Waals surface area (Å²) in [5, 5.41) is 11.9. The van der Waals surface area contributed by atoms with Crippen molar-refractivity contribution < 1.29 is 9.53 Å². The van der Waals surface area contributed by atoms with E-state index in [4.69, 9.17) is 4.74 Å². The number of anilines is 2. The Morgan fingerprint density at radius 1 is 1.10 bits per heavy atom. The average molecular weight is 460 g/mol. The normalized spacial score (nSPS) is 19.8. The van der Waals surface area contributed by atoms with Crippen LogP contribution in [0.5, 0.6) is 0 Å². The number of ether oxygens (including phenoxy) is 1. The van der Waals surface area contributed by atoms with Crippen molar-refractivity contribution in [1.82, 2.24) is 15.5 Å². The van der Waals surface area contributed by atoms with Crippen LogP contribution in [-0.4, -0.2) is 55.5 Å². The Morgan fingerprint density at radius 2 is 1.86 bits per heavy atom. The molecule has 2 aliphatic heterocycles. The molecule has 2 aliphatic rings. The Kier molecular flexibility index (Phi) is 6.61. The third-order valence-electron chi connectivity index (χ3n) is 5.44. The Labute approximate surface area is 179 Å². The van der Waals surface area contributed by atoms with Gasteiger partial charge in [-0.15, -0.1) is 10.2 Å².